The van der Waals surface area contributed by atoms with Crippen LogP contribution in [0.25, 0.3) is 0 Å². The Labute approximate surface area is 72.2 Å². The maximum atomic E-state index is 10.4. The fourth-order valence-corrected chi connectivity index (χ4v) is 0.873. The fraction of sp³-hybridized carbons (Fsp3) is 0.200. The minimum absolute atomic E-state index is 0.109. The molecule has 64 valence electrons. The van der Waals surface area contributed by atoms with Crippen LogP contribution in [-0.4, -0.2) is 32.5 Å². The lowest BCUT2D eigenvalue weighted by molar-refractivity contribution is 0.0689. The lowest BCUT2D eigenvalue weighted by Gasteiger charge is -1.97. The molecule has 12 heavy (non-hydrogen) atoms. The first-order valence-corrected chi connectivity index (χ1v) is 4.15. The van der Waals surface area contributed by atoms with Crippen molar-refractivity contribution >= 4 is 23.5 Å². The maximum Gasteiger partial charge on any atom is 0.360 e. The minimum Gasteiger partial charge on any atom is -0.476 e. The average Bonchev–Trinajstić information content (AvgIpc) is 2.03. The second kappa shape index (κ2) is 3.35. The normalized spacial score (nSPS) is 9.75. The number of nitrogens with two attached hydrogens (primary N) is 1. The Morgan fingerprint density at radius 3 is 2.67 bits per heavy atom. The Balaban J connectivity index is 3.12. The highest BCUT2D eigenvalue weighted by Crippen LogP contribution is 2.10. The van der Waals surface area contributed by atoms with Crippen LogP contribution in [0.4, 0.5) is 5.82 Å². The predicted molar refractivity (Wildman–Crippen MR) is 43.0 cm³/mol. The van der Waals surface area contributed by atoms with Gasteiger partial charge in [-0.2, -0.15) is 0 Å². The van der Waals surface area contributed by atoms with E-state index in [2.05, 4.69) is 15.2 Å². The van der Waals surface area contributed by atoms with Crippen LogP contribution in [0.3, 0.4) is 0 Å². The van der Waals surface area contributed by atoms with Crippen LogP contribution < -0.4 is 5.73 Å². The Morgan fingerprint density at radius 1 is 1.58 bits per heavy atom. The van der Waals surface area contributed by atoms with Gasteiger partial charge in [0.05, 0.1) is 0 Å². The zero-order valence-corrected chi connectivity index (χ0v) is 7.00. The molecule has 7 heteroatoms. The zero-order chi connectivity index (χ0) is 9.14. The van der Waals surface area contributed by atoms with E-state index in [-0.39, 0.29) is 11.5 Å². The molecule has 0 saturated carbocycles. The molecular formula is C5H6N4O2S. The molecule has 0 aliphatic carbocycles. The van der Waals surface area contributed by atoms with E-state index in [0.29, 0.717) is 5.16 Å². The molecule has 1 heterocycles. The number of carbonyl (C=O) groups is 1. The topological polar surface area (TPSA) is 102 Å². The molecule has 1 rings (SSSR count). The van der Waals surface area contributed by atoms with Crippen LogP contribution in [0.15, 0.2) is 5.16 Å². The number of anilines is 1. The molecule has 6 nitrogen and oxygen atoms in total. The van der Waals surface area contributed by atoms with Gasteiger partial charge in [0.25, 0.3) is 0 Å². The number of rotatable bonds is 2. The Morgan fingerprint density at radius 2 is 2.25 bits per heavy atom. The fourth-order valence-electron chi connectivity index (χ4n) is 0.561. The van der Waals surface area contributed by atoms with Crippen molar-refractivity contribution < 1.29 is 9.90 Å². The summed E-state index contributed by atoms with van der Waals surface area (Å²) in [6.45, 7) is 0. The number of hydrogen-bond donors (Lipinski definition) is 2. The van der Waals surface area contributed by atoms with Crippen molar-refractivity contribution in [1.29, 1.82) is 0 Å². The van der Waals surface area contributed by atoms with E-state index in [4.69, 9.17) is 10.8 Å². The summed E-state index contributed by atoms with van der Waals surface area (Å²) < 4.78 is 0. The van der Waals surface area contributed by atoms with Crippen LogP contribution in [0.5, 0.6) is 0 Å². The number of thioether (sulfide) groups is 1. The van der Waals surface area contributed by atoms with Gasteiger partial charge in [-0.1, -0.05) is 11.8 Å². The van der Waals surface area contributed by atoms with Crippen molar-refractivity contribution in [3.63, 3.8) is 0 Å². The summed E-state index contributed by atoms with van der Waals surface area (Å²) >= 11 is 1.25. The number of aromatic nitrogens is 3. The number of carboxylic acid groups (broad SMARTS) is 1. The second-order valence-corrected chi connectivity index (χ2v) is 2.61. The highest BCUT2D eigenvalue weighted by atomic mass is 32.2. The van der Waals surface area contributed by atoms with Crippen LogP contribution in [0, 0.1) is 0 Å². The molecule has 0 aliphatic rings. The molecule has 0 spiro atoms. The SMILES string of the molecule is CSc1nnc(C(=O)O)c(N)n1. The third kappa shape index (κ3) is 1.62. The molecule has 0 bridgehead atoms. The van der Waals surface area contributed by atoms with Gasteiger partial charge in [0.1, 0.15) is 0 Å². The van der Waals surface area contributed by atoms with E-state index in [1.165, 1.54) is 11.8 Å². The summed E-state index contributed by atoms with van der Waals surface area (Å²) in [5, 5.41) is 15.8. The lowest BCUT2D eigenvalue weighted by Crippen LogP contribution is -2.09. The largest absolute Gasteiger partial charge is 0.476 e. The minimum atomic E-state index is -1.22. The van der Waals surface area contributed by atoms with Crippen molar-refractivity contribution in [2.75, 3.05) is 12.0 Å². The van der Waals surface area contributed by atoms with Gasteiger partial charge in [-0.15, -0.1) is 10.2 Å². The smallest absolute Gasteiger partial charge is 0.360 e. The first kappa shape index (κ1) is 8.72. The van der Waals surface area contributed by atoms with Crippen LogP contribution in [0.1, 0.15) is 10.5 Å². The van der Waals surface area contributed by atoms with Crippen LogP contribution in [0.2, 0.25) is 0 Å². The van der Waals surface area contributed by atoms with E-state index < -0.39 is 5.97 Å². The molecular weight excluding hydrogens is 180 g/mol. The van der Waals surface area contributed by atoms with Gasteiger partial charge in [0, 0.05) is 0 Å². The van der Waals surface area contributed by atoms with Gasteiger partial charge in [0.2, 0.25) is 10.9 Å². The van der Waals surface area contributed by atoms with Gasteiger partial charge in [-0.05, 0) is 6.26 Å². The van der Waals surface area contributed by atoms with E-state index >= 15 is 0 Å². The molecule has 0 atom stereocenters. The monoisotopic (exact) mass is 186 g/mol. The van der Waals surface area contributed by atoms with Gasteiger partial charge >= 0.3 is 5.97 Å². The third-order valence-corrected chi connectivity index (χ3v) is 1.62. The number of hydrogen-bond acceptors (Lipinski definition) is 6. The zero-order valence-electron chi connectivity index (χ0n) is 6.18. The van der Waals surface area contributed by atoms with Gasteiger partial charge < -0.3 is 10.8 Å². The summed E-state index contributed by atoms with van der Waals surface area (Å²) in [5.41, 5.74) is 4.98. The molecule has 0 saturated heterocycles. The number of nitrogens with zero attached hydrogens (tertiary/aromatic N) is 3. The molecule has 1 aromatic heterocycles. The molecule has 0 radical (unpaired) electrons. The summed E-state index contributed by atoms with van der Waals surface area (Å²) in [5.74, 6) is -1.33. The van der Waals surface area contributed by atoms with Crippen molar-refractivity contribution in [3.05, 3.63) is 5.69 Å². The molecule has 0 aliphatic heterocycles. The molecule has 0 aromatic carbocycles. The predicted octanol–water partition coefficient (Wildman–Crippen LogP) is -0.126. The second-order valence-electron chi connectivity index (χ2n) is 1.84. The van der Waals surface area contributed by atoms with E-state index in [9.17, 15) is 4.79 Å². The Bertz CT molecular complexity index is 316. The highest BCUT2D eigenvalue weighted by molar-refractivity contribution is 7.98. The standard InChI is InChI=1S/C5H6N4O2S/c1-12-5-7-3(6)2(4(10)11)8-9-5/h1H3,(H,10,11)(H2,6,7,9). The maximum absolute atomic E-state index is 10.4. The van der Waals surface area contributed by atoms with Crippen LogP contribution in [-0.2, 0) is 0 Å². The average molecular weight is 186 g/mol. The summed E-state index contributed by atoms with van der Waals surface area (Å²) in [7, 11) is 0. The van der Waals surface area contributed by atoms with Gasteiger partial charge in [0.15, 0.2) is 5.82 Å². The molecule has 0 fully saturated rings. The van der Waals surface area contributed by atoms with Gasteiger partial charge in [-0.3, -0.25) is 0 Å². The van der Waals surface area contributed by atoms with Gasteiger partial charge in [-0.25, -0.2) is 9.78 Å². The first-order valence-electron chi connectivity index (χ1n) is 2.92. The number of carboxylic acids is 1. The van der Waals surface area contributed by atoms with Crippen molar-refractivity contribution in [1.82, 2.24) is 15.2 Å². The summed E-state index contributed by atoms with van der Waals surface area (Å²) in [4.78, 5) is 14.1. The van der Waals surface area contributed by atoms with Crippen molar-refractivity contribution in [2.45, 2.75) is 5.16 Å². The number of aromatic carboxylic acids is 1. The van der Waals surface area contributed by atoms with E-state index in [1.807, 2.05) is 0 Å². The van der Waals surface area contributed by atoms with Crippen molar-refractivity contribution in [2.24, 2.45) is 0 Å². The number of nitrogen functional groups attached to an aromatic ring is 1. The van der Waals surface area contributed by atoms with E-state index in [1.54, 1.807) is 6.26 Å². The van der Waals surface area contributed by atoms with Crippen molar-refractivity contribution in [3.8, 4) is 0 Å². The Kier molecular flexibility index (Phi) is 2.44. The third-order valence-electron chi connectivity index (χ3n) is 1.08. The molecule has 1 aromatic rings. The molecule has 3 N–H and O–H groups in total. The molecule has 0 unspecified atom stereocenters. The van der Waals surface area contributed by atoms with Crippen LogP contribution >= 0.6 is 11.8 Å². The summed E-state index contributed by atoms with van der Waals surface area (Å²) in [6, 6.07) is 0. The van der Waals surface area contributed by atoms with E-state index in [0.717, 1.165) is 0 Å². The highest BCUT2D eigenvalue weighted by Gasteiger charge is 2.12. The quantitative estimate of drug-likeness (QED) is 0.620. The molecule has 0 amide bonds. The Hall–Kier alpha value is -1.37. The summed E-state index contributed by atoms with van der Waals surface area (Å²) in [6.07, 6.45) is 1.75. The first-order chi connectivity index (χ1) is 5.65. The lowest BCUT2D eigenvalue weighted by atomic mass is 10.4.